The summed E-state index contributed by atoms with van der Waals surface area (Å²) in [5, 5.41) is 3.57. The molecule has 3 atom stereocenters. The van der Waals surface area contributed by atoms with Crippen molar-refractivity contribution < 1.29 is 4.74 Å². The van der Waals surface area contributed by atoms with Gasteiger partial charge >= 0.3 is 0 Å². The quantitative estimate of drug-likeness (QED) is 0.889. The fourth-order valence-electron chi connectivity index (χ4n) is 2.80. The first-order chi connectivity index (χ1) is 8.60. The minimum absolute atomic E-state index is 0.437. The van der Waals surface area contributed by atoms with E-state index in [1.165, 1.54) is 5.56 Å². The molecule has 0 spiro atoms. The Bertz CT molecular complexity index is 384. The smallest absolute Gasteiger partial charge is 0.119 e. The van der Waals surface area contributed by atoms with Crippen LogP contribution in [0.1, 0.15) is 32.4 Å². The minimum Gasteiger partial charge on any atom is -0.497 e. The maximum atomic E-state index is 5.30. The predicted molar refractivity (Wildman–Crippen MR) is 75.0 cm³/mol. The van der Waals surface area contributed by atoms with E-state index in [0.29, 0.717) is 18.1 Å². The molecule has 1 aliphatic rings. The second-order valence-corrected chi connectivity index (χ2v) is 5.38. The molecule has 18 heavy (non-hydrogen) atoms. The van der Waals surface area contributed by atoms with E-state index in [4.69, 9.17) is 4.74 Å². The van der Waals surface area contributed by atoms with E-state index < -0.39 is 0 Å². The van der Waals surface area contributed by atoms with E-state index >= 15 is 0 Å². The molecule has 0 aromatic heterocycles. The van der Waals surface area contributed by atoms with Crippen molar-refractivity contribution in [1.29, 1.82) is 0 Å². The van der Waals surface area contributed by atoms with Gasteiger partial charge in [-0.15, -0.1) is 0 Å². The summed E-state index contributed by atoms with van der Waals surface area (Å²) in [4.78, 5) is 2.54. The van der Waals surface area contributed by atoms with Crippen molar-refractivity contribution in [3.63, 3.8) is 0 Å². The second kappa shape index (κ2) is 5.72. The number of benzene rings is 1. The van der Waals surface area contributed by atoms with Crippen LogP contribution in [0.25, 0.3) is 0 Å². The van der Waals surface area contributed by atoms with Gasteiger partial charge in [-0.25, -0.2) is 0 Å². The van der Waals surface area contributed by atoms with Crippen LogP contribution < -0.4 is 10.1 Å². The third-order valence-electron chi connectivity index (χ3n) is 3.71. The Morgan fingerprint density at radius 1 is 1.28 bits per heavy atom. The summed E-state index contributed by atoms with van der Waals surface area (Å²) in [6.45, 7) is 8.98. The van der Waals surface area contributed by atoms with Crippen molar-refractivity contribution in [2.24, 2.45) is 0 Å². The maximum absolute atomic E-state index is 5.30. The molecule has 1 N–H and O–H groups in total. The molecule has 0 radical (unpaired) electrons. The molecule has 0 aliphatic carbocycles. The second-order valence-electron chi connectivity index (χ2n) is 5.38. The molecule has 1 aromatic carbocycles. The minimum atomic E-state index is 0.437. The number of hydrogen-bond acceptors (Lipinski definition) is 3. The number of nitrogens with zero attached hydrogens (tertiary/aromatic N) is 1. The lowest BCUT2D eigenvalue weighted by Gasteiger charge is -2.39. The summed E-state index contributed by atoms with van der Waals surface area (Å²) < 4.78 is 5.30. The van der Waals surface area contributed by atoms with Crippen molar-refractivity contribution in [3.8, 4) is 5.75 Å². The fraction of sp³-hybridized carbons (Fsp3) is 0.600. The highest BCUT2D eigenvalue weighted by Gasteiger charge is 2.25. The number of nitrogens with one attached hydrogen (secondary N) is 1. The molecule has 3 heteroatoms. The average molecular weight is 248 g/mol. The van der Waals surface area contributed by atoms with Crippen LogP contribution in [0.3, 0.4) is 0 Å². The van der Waals surface area contributed by atoms with E-state index in [1.54, 1.807) is 7.11 Å². The molecule has 100 valence electrons. The van der Waals surface area contributed by atoms with Crippen LogP contribution >= 0.6 is 0 Å². The first-order valence-corrected chi connectivity index (χ1v) is 6.74. The van der Waals surface area contributed by atoms with Crippen LogP contribution in [0.15, 0.2) is 24.3 Å². The normalized spacial score (nSPS) is 26.9. The van der Waals surface area contributed by atoms with Crippen LogP contribution in [0.4, 0.5) is 0 Å². The highest BCUT2D eigenvalue weighted by Crippen LogP contribution is 2.25. The molecule has 3 unspecified atom stereocenters. The van der Waals surface area contributed by atoms with Crippen molar-refractivity contribution in [2.75, 3.05) is 20.2 Å². The summed E-state index contributed by atoms with van der Waals surface area (Å²) in [5.74, 6) is 0.940. The van der Waals surface area contributed by atoms with Crippen molar-refractivity contribution >= 4 is 0 Å². The Balaban J connectivity index is 2.11. The summed E-state index contributed by atoms with van der Waals surface area (Å²) in [5.41, 5.74) is 1.33. The first kappa shape index (κ1) is 13.4. The van der Waals surface area contributed by atoms with Gasteiger partial charge in [0.2, 0.25) is 0 Å². The number of piperazine rings is 1. The standard InChI is InChI=1S/C15H24N2O/c1-11-9-17(10-12(2)16-11)13(3)14-6-5-7-15(8-14)18-4/h5-8,11-13,16H,9-10H2,1-4H3. The fourth-order valence-corrected chi connectivity index (χ4v) is 2.80. The number of methoxy groups -OCH3 is 1. The third-order valence-corrected chi connectivity index (χ3v) is 3.71. The monoisotopic (exact) mass is 248 g/mol. The maximum Gasteiger partial charge on any atom is 0.119 e. The summed E-state index contributed by atoms with van der Waals surface area (Å²) in [6, 6.07) is 9.95. The molecule has 2 rings (SSSR count). The van der Waals surface area contributed by atoms with Gasteiger partial charge in [0, 0.05) is 31.2 Å². The lowest BCUT2D eigenvalue weighted by molar-refractivity contribution is 0.131. The van der Waals surface area contributed by atoms with Gasteiger partial charge in [-0.05, 0) is 38.5 Å². The number of hydrogen-bond donors (Lipinski definition) is 1. The van der Waals surface area contributed by atoms with Gasteiger partial charge in [-0.3, -0.25) is 4.90 Å². The van der Waals surface area contributed by atoms with E-state index in [-0.39, 0.29) is 0 Å². The van der Waals surface area contributed by atoms with Crippen molar-refractivity contribution in [2.45, 2.75) is 38.9 Å². The Morgan fingerprint density at radius 2 is 1.94 bits per heavy atom. The number of rotatable bonds is 3. The Labute approximate surface area is 110 Å². The van der Waals surface area contributed by atoms with E-state index in [1.807, 2.05) is 6.07 Å². The van der Waals surface area contributed by atoms with Crippen molar-refractivity contribution in [3.05, 3.63) is 29.8 Å². The van der Waals surface area contributed by atoms with E-state index in [2.05, 4.69) is 49.2 Å². The summed E-state index contributed by atoms with van der Waals surface area (Å²) in [6.07, 6.45) is 0. The van der Waals surface area contributed by atoms with Gasteiger partial charge < -0.3 is 10.1 Å². The topological polar surface area (TPSA) is 24.5 Å². The Hall–Kier alpha value is -1.06. The van der Waals surface area contributed by atoms with E-state index in [0.717, 1.165) is 18.8 Å². The van der Waals surface area contributed by atoms with Crippen LogP contribution in [0.5, 0.6) is 5.75 Å². The molecule has 1 fully saturated rings. The lowest BCUT2D eigenvalue weighted by atomic mass is 10.0. The van der Waals surface area contributed by atoms with Gasteiger partial charge in [0.15, 0.2) is 0 Å². The zero-order chi connectivity index (χ0) is 13.1. The third kappa shape index (κ3) is 3.03. The van der Waals surface area contributed by atoms with Gasteiger partial charge in [-0.1, -0.05) is 12.1 Å². The zero-order valence-electron chi connectivity index (χ0n) is 11.8. The molecule has 0 bridgehead atoms. The van der Waals surface area contributed by atoms with Crippen LogP contribution in [0.2, 0.25) is 0 Å². The van der Waals surface area contributed by atoms with Gasteiger partial charge in [0.05, 0.1) is 7.11 Å². The Kier molecular flexibility index (Phi) is 4.25. The van der Waals surface area contributed by atoms with Crippen molar-refractivity contribution in [1.82, 2.24) is 10.2 Å². The molecular formula is C15H24N2O. The number of ether oxygens (including phenoxy) is 1. The summed E-state index contributed by atoms with van der Waals surface area (Å²) >= 11 is 0. The molecule has 1 aliphatic heterocycles. The van der Waals surface area contributed by atoms with Gasteiger partial charge in [0.1, 0.15) is 5.75 Å². The zero-order valence-corrected chi connectivity index (χ0v) is 11.8. The molecule has 0 saturated carbocycles. The van der Waals surface area contributed by atoms with Crippen LogP contribution in [-0.4, -0.2) is 37.2 Å². The predicted octanol–water partition coefficient (Wildman–Crippen LogP) is 2.44. The first-order valence-electron chi connectivity index (χ1n) is 6.74. The SMILES string of the molecule is COc1cccc(C(C)N2CC(C)NC(C)C2)c1. The molecule has 1 aromatic rings. The summed E-state index contributed by atoms with van der Waals surface area (Å²) in [7, 11) is 1.72. The molecule has 1 heterocycles. The van der Waals surface area contributed by atoms with Crippen LogP contribution in [-0.2, 0) is 0 Å². The van der Waals surface area contributed by atoms with E-state index in [9.17, 15) is 0 Å². The Morgan fingerprint density at radius 3 is 2.56 bits per heavy atom. The molecule has 1 saturated heterocycles. The molecular weight excluding hydrogens is 224 g/mol. The van der Waals surface area contributed by atoms with Gasteiger partial charge in [0.25, 0.3) is 0 Å². The average Bonchev–Trinajstić information content (AvgIpc) is 2.37. The van der Waals surface area contributed by atoms with Gasteiger partial charge in [-0.2, -0.15) is 0 Å². The lowest BCUT2D eigenvalue weighted by Crippen LogP contribution is -2.54. The molecule has 3 nitrogen and oxygen atoms in total. The highest BCUT2D eigenvalue weighted by molar-refractivity contribution is 5.30. The largest absolute Gasteiger partial charge is 0.497 e. The highest BCUT2D eigenvalue weighted by atomic mass is 16.5. The van der Waals surface area contributed by atoms with Crippen LogP contribution in [0, 0.1) is 0 Å². The molecule has 0 amide bonds.